The number of pyridine rings is 1. The number of hydrogen-bond acceptors (Lipinski definition) is 3. The number of rotatable bonds is 4. The molecule has 5 heteroatoms. The molecule has 0 atom stereocenters. The molecule has 2 rings (SSSR count). The molecule has 2 aromatic rings. The van der Waals surface area contributed by atoms with Crippen molar-refractivity contribution in [3.63, 3.8) is 0 Å². The summed E-state index contributed by atoms with van der Waals surface area (Å²) in [6.45, 7) is 0.441. The zero-order chi connectivity index (χ0) is 11.9. The zero-order valence-electron chi connectivity index (χ0n) is 9.13. The standard InChI is InChI=1S/C12H12N4O/c17-12(15-8-11-7-14-9-16-11)4-3-10-2-1-5-13-6-10/h1-7,9H,8H2,(H,14,16)(H,15,17). The van der Waals surface area contributed by atoms with Crippen LogP contribution in [-0.2, 0) is 11.3 Å². The summed E-state index contributed by atoms with van der Waals surface area (Å²) in [5.41, 5.74) is 1.76. The summed E-state index contributed by atoms with van der Waals surface area (Å²) in [5.74, 6) is -0.150. The second kappa shape index (κ2) is 5.60. The van der Waals surface area contributed by atoms with Crippen LogP contribution in [0.3, 0.4) is 0 Å². The van der Waals surface area contributed by atoms with Gasteiger partial charge in [-0.15, -0.1) is 0 Å². The molecule has 17 heavy (non-hydrogen) atoms. The number of carbonyl (C=O) groups excluding carboxylic acids is 1. The Morgan fingerprint density at radius 2 is 2.35 bits per heavy atom. The molecule has 0 saturated heterocycles. The van der Waals surface area contributed by atoms with Crippen LogP contribution in [0.25, 0.3) is 6.08 Å². The Morgan fingerprint density at radius 1 is 1.41 bits per heavy atom. The van der Waals surface area contributed by atoms with Gasteiger partial charge < -0.3 is 10.3 Å². The lowest BCUT2D eigenvalue weighted by Crippen LogP contribution is -2.20. The second-order valence-corrected chi connectivity index (χ2v) is 3.41. The predicted molar refractivity (Wildman–Crippen MR) is 63.7 cm³/mol. The molecule has 0 aliphatic carbocycles. The van der Waals surface area contributed by atoms with Crippen molar-refractivity contribution in [1.82, 2.24) is 20.3 Å². The first-order valence-electron chi connectivity index (χ1n) is 5.18. The van der Waals surface area contributed by atoms with Gasteiger partial charge in [-0.05, 0) is 17.7 Å². The summed E-state index contributed by atoms with van der Waals surface area (Å²) >= 11 is 0. The second-order valence-electron chi connectivity index (χ2n) is 3.41. The Bertz CT molecular complexity index is 490. The van der Waals surface area contributed by atoms with E-state index in [1.54, 1.807) is 31.0 Å². The zero-order valence-corrected chi connectivity index (χ0v) is 9.13. The Balaban J connectivity index is 1.83. The molecule has 0 aliphatic heterocycles. The molecule has 2 aromatic heterocycles. The minimum absolute atomic E-state index is 0.150. The minimum Gasteiger partial charge on any atom is -0.347 e. The number of carbonyl (C=O) groups is 1. The number of amides is 1. The quantitative estimate of drug-likeness (QED) is 0.771. The summed E-state index contributed by atoms with van der Waals surface area (Å²) in [6.07, 6.45) is 9.83. The van der Waals surface area contributed by atoms with Crippen molar-refractivity contribution in [1.29, 1.82) is 0 Å². The molecular weight excluding hydrogens is 216 g/mol. The fourth-order valence-electron chi connectivity index (χ4n) is 1.27. The van der Waals surface area contributed by atoms with Crippen molar-refractivity contribution in [3.05, 3.63) is 54.4 Å². The number of nitrogens with zero attached hydrogens (tertiary/aromatic N) is 2. The van der Waals surface area contributed by atoms with Crippen molar-refractivity contribution < 1.29 is 4.79 Å². The smallest absolute Gasteiger partial charge is 0.244 e. The first kappa shape index (κ1) is 11.1. The average Bonchev–Trinajstić information content (AvgIpc) is 2.88. The van der Waals surface area contributed by atoms with Gasteiger partial charge in [0.25, 0.3) is 0 Å². The Labute approximate surface area is 98.6 Å². The molecule has 0 fully saturated rings. The maximum Gasteiger partial charge on any atom is 0.244 e. The van der Waals surface area contributed by atoms with Crippen LogP contribution in [0.5, 0.6) is 0 Å². The van der Waals surface area contributed by atoms with Gasteiger partial charge in [0.05, 0.1) is 18.6 Å². The van der Waals surface area contributed by atoms with Gasteiger partial charge >= 0.3 is 0 Å². The van der Waals surface area contributed by atoms with E-state index < -0.39 is 0 Å². The van der Waals surface area contributed by atoms with Crippen molar-refractivity contribution in [2.45, 2.75) is 6.54 Å². The molecule has 2 heterocycles. The highest BCUT2D eigenvalue weighted by Crippen LogP contribution is 1.98. The van der Waals surface area contributed by atoms with E-state index in [0.29, 0.717) is 6.54 Å². The fraction of sp³-hybridized carbons (Fsp3) is 0.0833. The molecule has 0 aromatic carbocycles. The molecule has 0 saturated carbocycles. The van der Waals surface area contributed by atoms with Crippen LogP contribution in [0.15, 0.2) is 43.1 Å². The monoisotopic (exact) mass is 228 g/mol. The van der Waals surface area contributed by atoms with Crippen molar-refractivity contribution in [2.24, 2.45) is 0 Å². The summed E-state index contributed by atoms with van der Waals surface area (Å²) < 4.78 is 0. The molecule has 0 unspecified atom stereocenters. The third-order valence-electron chi connectivity index (χ3n) is 2.12. The van der Waals surface area contributed by atoms with Crippen LogP contribution in [0, 0.1) is 0 Å². The summed E-state index contributed by atoms with van der Waals surface area (Å²) in [5, 5.41) is 2.74. The average molecular weight is 228 g/mol. The maximum absolute atomic E-state index is 11.5. The largest absolute Gasteiger partial charge is 0.347 e. The SMILES string of the molecule is O=C(C=Cc1cccnc1)NCc1cnc[nH]1. The molecule has 86 valence electrons. The first-order chi connectivity index (χ1) is 8.34. The predicted octanol–water partition coefficient (Wildman–Crippen LogP) is 1.13. The van der Waals surface area contributed by atoms with E-state index in [1.165, 1.54) is 6.08 Å². The Kier molecular flexibility index (Phi) is 3.64. The van der Waals surface area contributed by atoms with E-state index in [9.17, 15) is 4.79 Å². The Hall–Kier alpha value is -2.43. The topological polar surface area (TPSA) is 70.7 Å². The third-order valence-corrected chi connectivity index (χ3v) is 2.12. The minimum atomic E-state index is -0.150. The van der Waals surface area contributed by atoms with Crippen molar-refractivity contribution in [2.75, 3.05) is 0 Å². The van der Waals surface area contributed by atoms with Crippen LogP contribution in [0.1, 0.15) is 11.3 Å². The van der Waals surface area contributed by atoms with Crippen LogP contribution >= 0.6 is 0 Å². The third kappa shape index (κ3) is 3.57. The lowest BCUT2D eigenvalue weighted by Gasteiger charge is -1.98. The molecule has 0 aliphatic rings. The number of imidazole rings is 1. The molecule has 0 radical (unpaired) electrons. The number of nitrogens with one attached hydrogen (secondary N) is 2. The fourth-order valence-corrected chi connectivity index (χ4v) is 1.27. The van der Waals surface area contributed by atoms with Crippen LogP contribution < -0.4 is 5.32 Å². The van der Waals surface area contributed by atoms with E-state index in [0.717, 1.165) is 11.3 Å². The van der Waals surface area contributed by atoms with E-state index in [2.05, 4.69) is 20.3 Å². The molecule has 0 bridgehead atoms. The van der Waals surface area contributed by atoms with Crippen LogP contribution in [0.4, 0.5) is 0 Å². The van der Waals surface area contributed by atoms with Gasteiger partial charge in [-0.2, -0.15) is 0 Å². The lowest BCUT2D eigenvalue weighted by molar-refractivity contribution is -0.116. The summed E-state index contributed by atoms with van der Waals surface area (Å²) in [6, 6.07) is 3.70. The maximum atomic E-state index is 11.5. The van der Waals surface area contributed by atoms with Crippen LogP contribution in [-0.4, -0.2) is 20.9 Å². The van der Waals surface area contributed by atoms with Crippen LogP contribution in [0.2, 0.25) is 0 Å². The molecular formula is C12H12N4O. The van der Waals surface area contributed by atoms with Gasteiger partial charge in [0, 0.05) is 24.7 Å². The van der Waals surface area contributed by atoms with E-state index >= 15 is 0 Å². The number of aromatic nitrogens is 3. The molecule has 0 spiro atoms. The highest BCUT2D eigenvalue weighted by molar-refractivity contribution is 5.91. The van der Waals surface area contributed by atoms with Gasteiger partial charge in [0.15, 0.2) is 0 Å². The first-order valence-corrected chi connectivity index (χ1v) is 5.18. The number of aromatic amines is 1. The summed E-state index contributed by atoms with van der Waals surface area (Å²) in [4.78, 5) is 22.2. The Morgan fingerprint density at radius 3 is 3.06 bits per heavy atom. The van der Waals surface area contributed by atoms with Gasteiger partial charge in [0.1, 0.15) is 0 Å². The molecule has 5 nitrogen and oxygen atoms in total. The highest BCUT2D eigenvalue weighted by Gasteiger charge is 1.97. The highest BCUT2D eigenvalue weighted by atomic mass is 16.1. The van der Waals surface area contributed by atoms with E-state index in [4.69, 9.17) is 0 Å². The lowest BCUT2D eigenvalue weighted by atomic mass is 10.2. The van der Waals surface area contributed by atoms with Gasteiger partial charge in [-0.3, -0.25) is 9.78 Å². The number of H-pyrrole nitrogens is 1. The van der Waals surface area contributed by atoms with E-state index in [-0.39, 0.29) is 5.91 Å². The van der Waals surface area contributed by atoms with E-state index in [1.807, 2.05) is 12.1 Å². The van der Waals surface area contributed by atoms with Gasteiger partial charge in [0.2, 0.25) is 5.91 Å². The number of hydrogen-bond donors (Lipinski definition) is 2. The normalized spacial score (nSPS) is 10.6. The molecule has 1 amide bonds. The summed E-state index contributed by atoms with van der Waals surface area (Å²) in [7, 11) is 0. The molecule has 2 N–H and O–H groups in total. The van der Waals surface area contributed by atoms with Crippen molar-refractivity contribution >= 4 is 12.0 Å². The van der Waals surface area contributed by atoms with Crippen molar-refractivity contribution in [3.8, 4) is 0 Å². The van der Waals surface area contributed by atoms with Gasteiger partial charge in [-0.1, -0.05) is 6.07 Å². The van der Waals surface area contributed by atoms with Gasteiger partial charge in [-0.25, -0.2) is 4.98 Å².